The Morgan fingerprint density at radius 2 is 1.76 bits per heavy atom. The summed E-state index contributed by atoms with van der Waals surface area (Å²) in [5, 5.41) is 30.4. The SMILES string of the molecule is C=C(C)[C@H]1CCC(COC(C)=O)=C[C@@H]1c1c(O)cc(C(F)(F)C(=O)OCCCCCO[N+](=O)[O-])cc1O. The van der Waals surface area contributed by atoms with Gasteiger partial charge in [-0.25, -0.2) is 4.79 Å². The molecule has 0 amide bonds. The number of phenolic OH excluding ortho intramolecular Hbond substituents is 2. The number of ether oxygens (including phenoxy) is 2. The van der Waals surface area contributed by atoms with Crippen LogP contribution < -0.4 is 0 Å². The molecule has 12 heteroatoms. The lowest BCUT2D eigenvalue weighted by Crippen LogP contribution is -2.29. The first kappa shape index (κ1) is 29.5. The number of allylic oxidation sites excluding steroid dienone is 2. The molecule has 204 valence electrons. The number of hydrogen-bond donors (Lipinski definition) is 2. The Hall–Kier alpha value is -3.70. The lowest BCUT2D eigenvalue weighted by Gasteiger charge is -2.32. The fraction of sp³-hybridized carbons (Fsp3) is 0.520. The molecular weight excluding hydrogens is 496 g/mol. The zero-order chi connectivity index (χ0) is 27.8. The number of alkyl halides is 2. The van der Waals surface area contributed by atoms with Crippen LogP contribution in [0.5, 0.6) is 11.5 Å². The number of halogens is 2. The van der Waals surface area contributed by atoms with E-state index in [1.54, 1.807) is 13.0 Å². The summed E-state index contributed by atoms with van der Waals surface area (Å²) >= 11 is 0. The number of phenols is 2. The van der Waals surface area contributed by atoms with Crippen molar-refractivity contribution in [2.24, 2.45) is 5.92 Å². The molecular formula is C25H31F2NO9. The highest BCUT2D eigenvalue weighted by atomic mass is 19.3. The van der Waals surface area contributed by atoms with E-state index in [2.05, 4.69) is 16.2 Å². The second-order valence-electron chi connectivity index (χ2n) is 8.88. The molecule has 1 aromatic carbocycles. The van der Waals surface area contributed by atoms with Crippen molar-refractivity contribution in [3.05, 3.63) is 57.2 Å². The Morgan fingerprint density at radius 3 is 2.32 bits per heavy atom. The Balaban J connectivity index is 2.17. The van der Waals surface area contributed by atoms with Crippen LogP contribution in [-0.4, -0.2) is 47.1 Å². The van der Waals surface area contributed by atoms with Crippen molar-refractivity contribution in [2.45, 2.75) is 57.8 Å². The molecule has 0 unspecified atom stereocenters. The molecule has 2 N–H and O–H groups in total. The number of aromatic hydroxyl groups is 2. The van der Waals surface area contributed by atoms with Gasteiger partial charge in [0.25, 0.3) is 5.09 Å². The molecule has 0 saturated carbocycles. The topological polar surface area (TPSA) is 145 Å². The van der Waals surface area contributed by atoms with Crippen molar-refractivity contribution in [2.75, 3.05) is 19.8 Å². The van der Waals surface area contributed by atoms with Crippen molar-refractivity contribution in [3.8, 4) is 11.5 Å². The van der Waals surface area contributed by atoms with E-state index in [0.29, 0.717) is 19.3 Å². The minimum atomic E-state index is -4.15. The molecule has 1 aliphatic carbocycles. The number of esters is 2. The number of carbonyl (C=O) groups is 2. The summed E-state index contributed by atoms with van der Waals surface area (Å²) in [7, 11) is 0. The van der Waals surface area contributed by atoms with Crippen LogP contribution in [0.4, 0.5) is 8.78 Å². The number of hydrogen-bond acceptors (Lipinski definition) is 9. The van der Waals surface area contributed by atoms with Gasteiger partial charge in [0.2, 0.25) is 0 Å². The molecule has 1 aromatic rings. The van der Waals surface area contributed by atoms with Gasteiger partial charge in [-0.05, 0) is 62.7 Å². The third-order valence-corrected chi connectivity index (χ3v) is 6.03. The normalized spacial score (nSPS) is 17.5. The molecule has 0 bridgehead atoms. The smallest absolute Gasteiger partial charge is 0.381 e. The van der Waals surface area contributed by atoms with Crippen LogP contribution >= 0.6 is 0 Å². The van der Waals surface area contributed by atoms with Crippen molar-refractivity contribution >= 4 is 11.9 Å². The first-order valence-corrected chi connectivity index (χ1v) is 11.7. The number of benzene rings is 1. The third-order valence-electron chi connectivity index (χ3n) is 6.03. The number of carbonyl (C=O) groups excluding carboxylic acids is 2. The van der Waals surface area contributed by atoms with Gasteiger partial charge in [-0.1, -0.05) is 18.2 Å². The average Bonchev–Trinajstić information content (AvgIpc) is 2.81. The average molecular weight is 528 g/mol. The molecule has 0 aliphatic heterocycles. The second kappa shape index (κ2) is 13.0. The molecule has 0 fully saturated rings. The molecule has 0 heterocycles. The van der Waals surface area contributed by atoms with E-state index in [9.17, 15) is 38.7 Å². The molecule has 0 radical (unpaired) electrons. The maximum absolute atomic E-state index is 14.8. The van der Waals surface area contributed by atoms with Gasteiger partial charge >= 0.3 is 17.9 Å². The van der Waals surface area contributed by atoms with Gasteiger partial charge in [0.15, 0.2) is 0 Å². The fourth-order valence-corrected chi connectivity index (χ4v) is 4.17. The first-order chi connectivity index (χ1) is 17.3. The van der Waals surface area contributed by atoms with Gasteiger partial charge in [-0.15, -0.1) is 10.1 Å². The highest BCUT2D eigenvalue weighted by Crippen LogP contribution is 2.48. The Morgan fingerprint density at radius 1 is 1.14 bits per heavy atom. The zero-order valence-electron chi connectivity index (χ0n) is 20.7. The van der Waals surface area contributed by atoms with Crippen LogP contribution in [0.15, 0.2) is 35.9 Å². The van der Waals surface area contributed by atoms with E-state index in [0.717, 1.165) is 23.3 Å². The van der Waals surface area contributed by atoms with Crippen LogP contribution in [0.1, 0.15) is 63.0 Å². The van der Waals surface area contributed by atoms with Gasteiger partial charge < -0.3 is 24.5 Å². The lowest BCUT2D eigenvalue weighted by atomic mass is 9.73. The highest BCUT2D eigenvalue weighted by molar-refractivity contribution is 5.80. The van der Waals surface area contributed by atoms with E-state index in [-0.39, 0.29) is 44.1 Å². The third kappa shape index (κ3) is 8.16. The maximum Gasteiger partial charge on any atom is 0.381 e. The molecule has 2 rings (SSSR count). The van der Waals surface area contributed by atoms with Crippen molar-refractivity contribution in [3.63, 3.8) is 0 Å². The molecule has 1 aliphatic rings. The highest BCUT2D eigenvalue weighted by Gasteiger charge is 2.44. The summed E-state index contributed by atoms with van der Waals surface area (Å²) in [6, 6.07) is 1.43. The Bertz CT molecular complexity index is 1030. The van der Waals surface area contributed by atoms with Gasteiger partial charge in [0, 0.05) is 24.0 Å². The van der Waals surface area contributed by atoms with Crippen LogP contribution in [0.25, 0.3) is 0 Å². The van der Waals surface area contributed by atoms with Crippen LogP contribution in [0.3, 0.4) is 0 Å². The zero-order valence-corrected chi connectivity index (χ0v) is 20.7. The molecule has 0 saturated heterocycles. The van der Waals surface area contributed by atoms with Gasteiger partial charge in [-0.3, -0.25) is 4.79 Å². The van der Waals surface area contributed by atoms with E-state index < -0.39 is 45.9 Å². The van der Waals surface area contributed by atoms with Gasteiger partial charge in [-0.2, -0.15) is 8.78 Å². The van der Waals surface area contributed by atoms with Crippen molar-refractivity contribution in [1.29, 1.82) is 0 Å². The molecule has 10 nitrogen and oxygen atoms in total. The summed E-state index contributed by atoms with van der Waals surface area (Å²) in [6.45, 7) is 6.54. The monoisotopic (exact) mass is 527 g/mol. The number of unbranched alkanes of at least 4 members (excludes halogenated alkanes) is 2. The van der Waals surface area contributed by atoms with Crippen LogP contribution in [-0.2, 0) is 29.8 Å². The maximum atomic E-state index is 14.8. The molecule has 0 spiro atoms. The number of rotatable bonds is 13. The summed E-state index contributed by atoms with van der Waals surface area (Å²) in [5.41, 5.74) is 0.564. The van der Waals surface area contributed by atoms with Crippen molar-refractivity contribution < 1.29 is 48.0 Å². The minimum absolute atomic E-state index is 0.00196. The van der Waals surface area contributed by atoms with E-state index >= 15 is 0 Å². The predicted octanol–water partition coefficient (Wildman–Crippen LogP) is 4.67. The van der Waals surface area contributed by atoms with Crippen LogP contribution in [0, 0.1) is 16.0 Å². The largest absolute Gasteiger partial charge is 0.507 e. The summed E-state index contributed by atoms with van der Waals surface area (Å²) < 4.78 is 39.2. The molecule has 2 atom stereocenters. The van der Waals surface area contributed by atoms with E-state index in [1.165, 1.54) is 6.92 Å². The molecule has 0 aromatic heterocycles. The summed E-state index contributed by atoms with van der Waals surface area (Å²) in [4.78, 5) is 37.4. The van der Waals surface area contributed by atoms with Gasteiger partial charge in [0.05, 0.1) is 13.2 Å². The fourth-order valence-electron chi connectivity index (χ4n) is 4.17. The molecule has 37 heavy (non-hydrogen) atoms. The van der Waals surface area contributed by atoms with Crippen molar-refractivity contribution in [1.82, 2.24) is 0 Å². The van der Waals surface area contributed by atoms with E-state index in [1.807, 2.05) is 0 Å². The summed E-state index contributed by atoms with van der Waals surface area (Å²) in [6.07, 6.45) is 3.71. The quantitative estimate of drug-likeness (QED) is 0.123. The summed E-state index contributed by atoms with van der Waals surface area (Å²) in [5.74, 6) is -8.58. The minimum Gasteiger partial charge on any atom is -0.507 e. The Labute approximate surface area is 212 Å². The predicted molar refractivity (Wildman–Crippen MR) is 126 cm³/mol. The van der Waals surface area contributed by atoms with Gasteiger partial charge in [0.1, 0.15) is 18.1 Å². The Kier molecular flexibility index (Phi) is 10.4. The number of nitrogens with zero attached hydrogens (tertiary/aromatic N) is 1. The van der Waals surface area contributed by atoms with E-state index in [4.69, 9.17) is 4.74 Å². The standard InChI is InChI=1S/C25H31F2NO9/c1-15(2)19-8-7-17(14-36-16(3)29)11-20(19)23-21(30)12-18(13-22(23)31)25(26,27)24(32)35-9-5-4-6-10-37-28(33)34/h11-13,19-20,30-31H,1,4-10,14H2,2-3H3/t19-,20+/m1/s1. The van der Waals surface area contributed by atoms with Crippen LogP contribution in [0.2, 0.25) is 0 Å². The first-order valence-electron chi connectivity index (χ1n) is 11.7. The lowest BCUT2D eigenvalue weighted by molar-refractivity contribution is -0.757. The second-order valence-corrected chi connectivity index (χ2v) is 8.88.